The zero-order valence-corrected chi connectivity index (χ0v) is 11.4. The molecular formula is C14H12N4OS. The molecule has 0 aliphatic carbocycles. The number of hydrogen-bond donors (Lipinski definition) is 1. The van der Waals surface area contributed by atoms with Crippen LogP contribution in [0.2, 0.25) is 0 Å². The number of nitrogens with two attached hydrogens (primary N) is 1. The Labute approximate surface area is 119 Å². The first-order chi connectivity index (χ1) is 9.78. The van der Waals surface area contributed by atoms with E-state index in [1.165, 1.54) is 9.08 Å². The van der Waals surface area contributed by atoms with Gasteiger partial charge in [0.05, 0.1) is 13.1 Å². The molecule has 100 valence electrons. The van der Waals surface area contributed by atoms with Crippen molar-refractivity contribution in [1.29, 1.82) is 0 Å². The van der Waals surface area contributed by atoms with Crippen molar-refractivity contribution in [2.45, 2.75) is 6.54 Å². The molecule has 0 aliphatic heterocycles. The third-order valence-corrected chi connectivity index (χ3v) is 3.70. The van der Waals surface area contributed by atoms with Crippen LogP contribution in [0.4, 0.5) is 0 Å². The van der Waals surface area contributed by atoms with Crippen LogP contribution in [0.1, 0.15) is 10.4 Å². The first-order valence-corrected chi connectivity index (χ1v) is 6.96. The number of nitrogens with zero attached hydrogens (tertiary/aromatic N) is 3. The molecule has 0 saturated carbocycles. The van der Waals surface area contributed by atoms with Crippen LogP contribution in [-0.4, -0.2) is 20.7 Å². The molecule has 3 aromatic heterocycles. The molecule has 3 rings (SSSR count). The van der Waals surface area contributed by atoms with E-state index in [1.54, 1.807) is 17.5 Å². The second-order valence-corrected chi connectivity index (χ2v) is 5.17. The van der Waals surface area contributed by atoms with Gasteiger partial charge in [0.1, 0.15) is 0 Å². The average molecular weight is 284 g/mol. The van der Waals surface area contributed by atoms with Gasteiger partial charge in [0.2, 0.25) is 0 Å². The Morgan fingerprint density at radius 3 is 3.10 bits per heavy atom. The average Bonchev–Trinajstić information content (AvgIpc) is 3.03. The molecule has 2 N–H and O–H groups in total. The van der Waals surface area contributed by atoms with Crippen LogP contribution in [0.25, 0.3) is 5.65 Å². The number of pyridine rings is 1. The van der Waals surface area contributed by atoms with Gasteiger partial charge in [-0.25, -0.2) is 9.48 Å². The summed E-state index contributed by atoms with van der Waals surface area (Å²) in [6.45, 7) is 0.798. The van der Waals surface area contributed by atoms with Crippen LogP contribution in [0, 0.1) is 11.8 Å². The fraction of sp³-hybridized carbons (Fsp3) is 0.143. The van der Waals surface area contributed by atoms with Crippen LogP contribution >= 0.6 is 11.3 Å². The van der Waals surface area contributed by atoms with Gasteiger partial charge in [0.15, 0.2) is 5.65 Å². The molecule has 3 heterocycles. The highest BCUT2D eigenvalue weighted by Gasteiger charge is 2.07. The molecular weight excluding hydrogens is 272 g/mol. The van der Waals surface area contributed by atoms with Crippen molar-refractivity contribution in [1.82, 2.24) is 14.2 Å². The predicted octanol–water partition coefficient (Wildman–Crippen LogP) is 0.916. The minimum absolute atomic E-state index is 0.136. The van der Waals surface area contributed by atoms with Crippen molar-refractivity contribution in [3.05, 3.63) is 56.8 Å². The summed E-state index contributed by atoms with van der Waals surface area (Å²) in [5.41, 5.74) is 6.78. The van der Waals surface area contributed by atoms with Crippen molar-refractivity contribution < 1.29 is 0 Å². The van der Waals surface area contributed by atoms with Gasteiger partial charge in [-0.1, -0.05) is 17.9 Å². The molecule has 0 spiro atoms. The van der Waals surface area contributed by atoms with Gasteiger partial charge in [-0.2, -0.15) is 0 Å². The van der Waals surface area contributed by atoms with Crippen molar-refractivity contribution in [2.75, 3.05) is 6.54 Å². The van der Waals surface area contributed by atoms with E-state index in [-0.39, 0.29) is 5.69 Å². The minimum atomic E-state index is -0.136. The highest BCUT2D eigenvalue weighted by atomic mass is 32.1. The monoisotopic (exact) mass is 284 g/mol. The summed E-state index contributed by atoms with van der Waals surface area (Å²) in [6, 6.07) is 7.44. The summed E-state index contributed by atoms with van der Waals surface area (Å²) in [5.74, 6) is 5.78. The third-order valence-electron chi connectivity index (χ3n) is 2.78. The SMILES string of the molecule is NCC#Cc1csc(Cn2nc3ccccn3c2=O)c1. The summed E-state index contributed by atoms with van der Waals surface area (Å²) in [7, 11) is 0. The summed E-state index contributed by atoms with van der Waals surface area (Å²) < 4.78 is 2.99. The van der Waals surface area contributed by atoms with Gasteiger partial charge in [-0.15, -0.1) is 16.4 Å². The van der Waals surface area contributed by atoms with Crippen LogP contribution < -0.4 is 11.4 Å². The summed E-state index contributed by atoms with van der Waals surface area (Å²) >= 11 is 1.56. The lowest BCUT2D eigenvalue weighted by Gasteiger charge is -1.94. The number of fused-ring (bicyclic) bond motifs is 1. The largest absolute Gasteiger partial charge is 0.350 e. The van der Waals surface area contributed by atoms with Crippen molar-refractivity contribution in [2.24, 2.45) is 5.73 Å². The minimum Gasteiger partial charge on any atom is -0.320 e. The summed E-state index contributed by atoms with van der Waals surface area (Å²) in [5, 5.41) is 6.25. The van der Waals surface area contributed by atoms with E-state index in [4.69, 9.17) is 5.73 Å². The molecule has 0 radical (unpaired) electrons. The Balaban J connectivity index is 1.91. The third kappa shape index (κ3) is 2.37. The fourth-order valence-corrected chi connectivity index (χ4v) is 2.70. The second kappa shape index (κ2) is 5.33. The molecule has 0 amide bonds. The van der Waals surface area contributed by atoms with Gasteiger partial charge in [-0.05, 0) is 18.2 Å². The van der Waals surface area contributed by atoms with Gasteiger partial charge < -0.3 is 5.73 Å². The molecule has 20 heavy (non-hydrogen) atoms. The molecule has 5 nitrogen and oxygen atoms in total. The Hall–Kier alpha value is -2.36. The van der Waals surface area contributed by atoms with Gasteiger partial charge in [-0.3, -0.25) is 4.40 Å². The highest BCUT2D eigenvalue weighted by Crippen LogP contribution is 2.14. The summed E-state index contributed by atoms with van der Waals surface area (Å²) in [4.78, 5) is 13.2. The summed E-state index contributed by atoms with van der Waals surface area (Å²) in [6.07, 6.45) is 1.72. The fourth-order valence-electron chi connectivity index (χ4n) is 1.90. The molecule has 0 fully saturated rings. The lowest BCUT2D eigenvalue weighted by atomic mass is 10.3. The first kappa shape index (κ1) is 12.7. The van der Waals surface area contributed by atoms with Crippen LogP contribution in [-0.2, 0) is 6.54 Å². The van der Waals surface area contributed by atoms with E-state index in [2.05, 4.69) is 16.9 Å². The lowest BCUT2D eigenvalue weighted by molar-refractivity contribution is 0.666. The van der Waals surface area contributed by atoms with Gasteiger partial charge in [0.25, 0.3) is 0 Å². The van der Waals surface area contributed by atoms with E-state index >= 15 is 0 Å². The number of rotatable bonds is 2. The second-order valence-electron chi connectivity index (χ2n) is 4.18. The predicted molar refractivity (Wildman–Crippen MR) is 78.8 cm³/mol. The number of thiophene rings is 1. The van der Waals surface area contributed by atoms with E-state index in [9.17, 15) is 4.79 Å². The molecule has 6 heteroatoms. The maximum absolute atomic E-state index is 12.1. The Morgan fingerprint density at radius 1 is 1.40 bits per heavy atom. The normalized spacial score (nSPS) is 10.4. The van der Waals surface area contributed by atoms with Crippen LogP contribution in [0.3, 0.4) is 0 Å². The topological polar surface area (TPSA) is 65.3 Å². The quantitative estimate of drug-likeness (QED) is 0.712. The Morgan fingerprint density at radius 2 is 2.30 bits per heavy atom. The molecule has 3 aromatic rings. The number of aromatic nitrogens is 3. The highest BCUT2D eigenvalue weighted by molar-refractivity contribution is 7.10. The lowest BCUT2D eigenvalue weighted by Crippen LogP contribution is -2.21. The first-order valence-electron chi connectivity index (χ1n) is 6.08. The van der Waals surface area contributed by atoms with E-state index in [1.807, 2.05) is 29.6 Å². The van der Waals surface area contributed by atoms with Gasteiger partial charge >= 0.3 is 5.69 Å². The molecule has 0 saturated heterocycles. The van der Waals surface area contributed by atoms with E-state index in [0.29, 0.717) is 18.7 Å². The molecule has 0 aromatic carbocycles. The van der Waals surface area contributed by atoms with Crippen molar-refractivity contribution in [3.8, 4) is 11.8 Å². The molecule has 0 bridgehead atoms. The Bertz CT molecular complexity index is 862. The van der Waals surface area contributed by atoms with E-state index < -0.39 is 0 Å². The van der Waals surface area contributed by atoms with Crippen molar-refractivity contribution >= 4 is 17.0 Å². The maximum Gasteiger partial charge on any atom is 0.350 e. The van der Waals surface area contributed by atoms with Crippen molar-refractivity contribution in [3.63, 3.8) is 0 Å². The molecule has 0 aliphatic rings. The molecule has 0 atom stereocenters. The maximum atomic E-state index is 12.1. The number of hydrogen-bond acceptors (Lipinski definition) is 4. The smallest absolute Gasteiger partial charge is 0.320 e. The van der Waals surface area contributed by atoms with Crippen LogP contribution in [0.5, 0.6) is 0 Å². The van der Waals surface area contributed by atoms with Crippen LogP contribution in [0.15, 0.2) is 40.6 Å². The molecule has 0 unspecified atom stereocenters. The standard InChI is InChI=1S/C14H12N4OS/c15-6-3-4-11-8-12(20-10-11)9-18-14(19)17-7-2-1-5-13(17)16-18/h1-2,5,7-8,10H,6,9,15H2. The van der Waals surface area contributed by atoms with E-state index in [0.717, 1.165) is 10.4 Å². The zero-order valence-electron chi connectivity index (χ0n) is 10.6. The Kier molecular flexibility index (Phi) is 3.37. The van der Waals surface area contributed by atoms with Gasteiger partial charge in [0, 0.05) is 22.0 Å². The zero-order chi connectivity index (χ0) is 13.9.